The number of aryl methyl sites for hydroxylation is 1. The molecule has 0 amide bonds. The number of ether oxygens (including phenoxy) is 1. The van der Waals surface area contributed by atoms with E-state index in [1.165, 1.54) is 22.2 Å². The number of fused-ring (bicyclic) bond motifs is 2. The number of carbonyl (C=O) groups excluding carboxylic acids is 1. The molecule has 8 heteroatoms. The van der Waals surface area contributed by atoms with E-state index in [1.807, 2.05) is 43.3 Å². The minimum absolute atomic E-state index is 0.00960. The van der Waals surface area contributed by atoms with Crippen molar-refractivity contribution in [2.45, 2.75) is 24.3 Å². The summed E-state index contributed by atoms with van der Waals surface area (Å²) in [6, 6.07) is 14.8. The molecule has 0 saturated carbocycles. The Morgan fingerprint density at radius 1 is 1.18 bits per heavy atom. The van der Waals surface area contributed by atoms with Crippen molar-refractivity contribution in [3.8, 4) is 0 Å². The first-order valence-electron chi connectivity index (χ1n) is 8.72. The number of hydrogen-bond acceptors (Lipinski definition) is 7. The van der Waals surface area contributed by atoms with Crippen LogP contribution in [0.2, 0.25) is 0 Å². The van der Waals surface area contributed by atoms with E-state index in [-0.39, 0.29) is 24.6 Å². The van der Waals surface area contributed by atoms with Gasteiger partial charge in [0.15, 0.2) is 4.34 Å². The summed E-state index contributed by atoms with van der Waals surface area (Å²) in [5, 5.41) is 0. The van der Waals surface area contributed by atoms with Crippen LogP contribution >= 0.6 is 23.1 Å². The Bertz CT molecular complexity index is 1180. The Labute approximate surface area is 169 Å². The normalized spacial score (nSPS) is 11.2. The van der Waals surface area contributed by atoms with Crippen LogP contribution in [0.25, 0.3) is 15.9 Å². The molecule has 142 valence electrons. The number of carbonyl (C=O) groups is 1. The molecule has 0 radical (unpaired) electrons. The monoisotopic (exact) mass is 411 g/mol. The second-order valence-electron chi connectivity index (χ2n) is 6.15. The van der Waals surface area contributed by atoms with E-state index in [0.717, 1.165) is 20.3 Å². The van der Waals surface area contributed by atoms with Crippen LogP contribution < -0.4 is 5.56 Å². The van der Waals surface area contributed by atoms with Gasteiger partial charge in [-0.05, 0) is 31.2 Å². The van der Waals surface area contributed by atoms with Gasteiger partial charge in [0.05, 0.1) is 22.3 Å². The molecule has 28 heavy (non-hydrogen) atoms. The molecule has 0 fully saturated rings. The molecule has 0 N–H and O–H groups in total. The summed E-state index contributed by atoms with van der Waals surface area (Å²) < 4.78 is 8.88. The summed E-state index contributed by atoms with van der Waals surface area (Å²) in [4.78, 5) is 33.2. The van der Waals surface area contributed by atoms with Crippen LogP contribution in [0.4, 0.5) is 0 Å². The van der Waals surface area contributed by atoms with Gasteiger partial charge in [0.1, 0.15) is 12.3 Å². The standard InChI is InChI=1S/C20H17N3O3S2/c1-13-5-4-8-17-21-14(11-18(24)23(13)17)12-26-19(25)9-10-27-20-22-15-6-2-3-7-16(15)28-20/h2-8,11H,9-10,12H2,1H3. The van der Waals surface area contributed by atoms with Crippen molar-refractivity contribution in [2.75, 3.05) is 5.75 Å². The maximum absolute atomic E-state index is 12.2. The molecule has 4 rings (SSSR count). The first-order chi connectivity index (χ1) is 13.6. The molecule has 0 aliphatic heterocycles. The fourth-order valence-corrected chi connectivity index (χ4v) is 4.86. The summed E-state index contributed by atoms with van der Waals surface area (Å²) in [5.41, 5.74) is 2.60. The van der Waals surface area contributed by atoms with Crippen LogP contribution in [0.15, 0.2) is 57.7 Å². The molecule has 1 aromatic carbocycles. The first kappa shape index (κ1) is 18.6. The lowest BCUT2D eigenvalue weighted by molar-refractivity contribution is -0.144. The summed E-state index contributed by atoms with van der Waals surface area (Å²) in [5.74, 6) is 0.269. The quantitative estimate of drug-likeness (QED) is 0.355. The fourth-order valence-electron chi connectivity index (χ4n) is 2.80. The highest BCUT2D eigenvalue weighted by Crippen LogP contribution is 2.29. The number of thioether (sulfide) groups is 1. The van der Waals surface area contributed by atoms with E-state index in [2.05, 4.69) is 9.97 Å². The van der Waals surface area contributed by atoms with Crippen LogP contribution in [0.5, 0.6) is 0 Å². The van der Waals surface area contributed by atoms with E-state index < -0.39 is 0 Å². The Morgan fingerprint density at radius 3 is 2.89 bits per heavy atom. The van der Waals surface area contributed by atoms with Crippen molar-refractivity contribution in [3.63, 3.8) is 0 Å². The van der Waals surface area contributed by atoms with E-state index >= 15 is 0 Å². The first-order valence-corrected chi connectivity index (χ1v) is 10.5. The van der Waals surface area contributed by atoms with Crippen LogP contribution in [0, 0.1) is 6.92 Å². The third kappa shape index (κ3) is 4.07. The molecule has 3 heterocycles. The van der Waals surface area contributed by atoms with Gasteiger partial charge in [-0.15, -0.1) is 11.3 Å². The predicted molar refractivity (Wildman–Crippen MR) is 111 cm³/mol. The number of pyridine rings is 1. The summed E-state index contributed by atoms with van der Waals surface area (Å²) in [6.45, 7) is 1.84. The van der Waals surface area contributed by atoms with E-state index in [0.29, 0.717) is 17.1 Å². The molecule has 0 aliphatic rings. The van der Waals surface area contributed by atoms with Crippen LogP contribution in [-0.2, 0) is 16.1 Å². The molecule has 0 atom stereocenters. The molecule has 6 nitrogen and oxygen atoms in total. The van der Waals surface area contributed by atoms with Gasteiger partial charge in [-0.3, -0.25) is 14.0 Å². The highest BCUT2D eigenvalue weighted by atomic mass is 32.2. The molecule has 4 aromatic rings. The van der Waals surface area contributed by atoms with Gasteiger partial charge >= 0.3 is 5.97 Å². The second kappa shape index (κ2) is 8.12. The van der Waals surface area contributed by atoms with Gasteiger partial charge in [-0.2, -0.15) is 0 Å². The lowest BCUT2D eigenvalue weighted by Gasteiger charge is -2.07. The van der Waals surface area contributed by atoms with Gasteiger partial charge in [-0.25, -0.2) is 9.97 Å². The summed E-state index contributed by atoms with van der Waals surface area (Å²) in [7, 11) is 0. The summed E-state index contributed by atoms with van der Waals surface area (Å²) >= 11 is 3.16. The van der Waals surface area contributed by atoms with Gasteiger partial charge in [0.25, 0.3) is 5.56 Å². The van der Waals surface area contributed by atoms with Crippen molar-refractivity contribution in [1.29, 1.82) is 0 Å². The zero-order chi connectivity index (χ0) is 19.5. The number of aromatic nitrogens is 3. The molecule has 0 aliphatic carbocycles. The zero-order valence-corrected chi connectivity index (χ0v) is 16.8. The van der Waals surface area contributed by atoms with E-state index in [9.17, 15) is 9.59 Å². The van der Waals surface area contributed by atoms with Crippen molar-refractivity contribution < 1.29 is 9.53 Å². The van der Waals surface area contributed by atoms with Crippen LogP contribution in [0.1, 0.15) is 17.8 Å². The molecule has 0 bridgehead atoms. The number of thiazole rings is 1. The molecule has 0 unspecified atom stereocenters. The maximum Gasteiger partial charge on any atom is 0.307 e. The Kier molecular flexibility index (Phi) is 5.40. The van der Waals surface area contributed by atoms with Gasteiger partial charge in [0.2, 0.25) is 0 Å². The number of benzene rings is 1. The van der Waals surface area contributed by atoms with Gasteiger partial charge < -0.3 is 4.74 Å². The average molecular weight is 412 g/mol. The Morgan fingerprint density at radius 2 is 2.04 bits per heavy atom. The van der Waals surface area contributed by atoms with Crippen LogP contribution in [-0.4, -0.2) is 26.1 Å². The number of rotatable bonds is 6. The molecular formula is C20H17N3O3S2. The second-order valence-corrected chi connectivity index (χ2v) is 8.53. The largest absolute Gasteiger partial charge is 0.459 e. The highest BCUT2D eigenvalue weighted by molar-refractivity contribution is 8.01. The molecule has 3 aromatic heterocycles. The predicted octanol–water partition coefficient (Wildman–Crippen LogP) is 3.84. The van der Waals surface area contributed by atoms with Gasteiger partial charge in [0, 0.05) is 17.5 Å². The number of esters is 1. The van der Waals surface area contributed by atoms with E-state index in [4.69, 9.17) is 4.74 Å². The molecular weight excluding hydrogens is 394 g/mol. The van der Waals surface area contributed by atoms with Crippen molar-refractivity contribution in [3.05, 3.63) is 70.3 Å². The number of para-hydroxylation sites is 1. The van der Waals surface area contributed by atoms with Gasteiger partial charge in [-0.1, -0.05) is 30.0 Å². The molecule has 0 spiro atoms. The van der Waals surface area contributed by atoms with Crippen molar-refractivity contribution in [2.24, 2.45) is 0 Å². The highest BCUT2D eigenvalue weighted by Gasteiger charge is 2.09. The third-order valence-electron chi connectivity index (χ3n) is 4.12. The van der Waals surface area contributed by atoms with Crippen molar-refractivity contribution >= 4 is 44.9 Å². The Balaban J connectivity index is 1.32. The molecule has 0 saturated heterocycles. The zero-order valence-electron chi connectivity index (χ0n) is 15.1. The van der Waals surface area contributed by atoms with Crippen molar-refractivity contribution in [1.82, 2.24) is 14.4 Å². The SMILES string of the molecule is Cc1cccc2nc(COC(=O)CCSc3nc4ccccc4s3)cc(=O)n12. The lowest BCUT2D eigenvalue weighted by atomic mass is 10.3. The maximum atomic E-state index is 12.2. The average Bonchev–Trinajstić information content (AvgIpc) is 3.09. The summed E-state index contributed by atoms with van der Waals surface area (Å²) in [6.07, 6.45) is 0.270. The topological polar surface area (TPSA) is 73.6 Å². The number of hydrogen-bond donors (Lipinski definition) is 0. The number of nitrogens with zero attached hydrogens (tertiary/aromatic N) is 3. The van der Waals surface area contributed by atoms with E-state index in [1.54, 1.807) is 17.4 Å². The smallest absolute Gasteiger partial charge is 0.307 e. The lowest BCUT2D eigenvalue weighted by Crippen LogP contribution is -2.18. The third-order valence-corrected chi connectivity index (χ3v) is 6.30. The Hall–Kier alpha value is -2.71. The minimum Gasteiger partial charge on any atom is -0.459 e. The fraction of sp³-hybridized carbons (Fsp3) is 0.200. The minimum atomic E-state index is -0.320. The van der Waals surface area contributed by atoms with Crippen LogP contribution in [0.3, 0.4) is 0 Å².